The largest absolute Gasteiger partial charge is 0.573 e. The molecule has 2 N–H and O–H groups in total. The standard InChI is InChI=1S/C27H19F3N4O4/c28-27(29,30)37-19-10-17(14-5-7-31-8-6-14)9-18(11-19)26-33-25(34-38-26)16-2-4-22-21(12-16)20-3-1-15(13-23(35)36)24(20)32-22/h2,4-12,15,32H,1,3,13H2,(H,35,36). The number of rotatable bonds is 6. The number of benzene rings is 2. The van der Waals surface area contributed by atoms with Gasteiger partial charge in [-0.15, -0.1) is 13.2 Å². The summed E-state index contributed by atoms with van der Waals surface area (Å²) in [6, 6.07) is 13.0. The van der Waals surface area contributed by atoms with E-state index in [1.807, 2.05) is 12.1 Å². The van der Waals surface area contributed by atoms with Crippen LogP contribution in [0.25, 0.3) is 44.9 Å². The van der Waals surface area contributed by atoms with Crippen LogP contribution < -0.4 is 4.74 Å². The highest BCUT2D eigenvalue weighted by molar-refractivity contribution is 5.89. The van der Waals surface area contributed by atoms with Gasteiger partial charge in [0.25, 0.3) is 5.89 Å². The first-order chi connectivity index (χ1) is 18.2. The van der Waals surface area contributed by atoms with E-state index in [-0.39, 0.29) is 29.6 Å². The van der Waals surface area contributed by atoms with Crippen LogP contribution in [0.15, 0.2) is 65.4 Å². The fourth-order valence-corrected chi connectivity index (χ4v) is 4.99. The highest BCUT2D eigenvalue weighted by Crippen LogP contribution is 2.40. The van der Waals surface area contributed by atoms with Gasteiger partial charge in [0, 0.05) is 46.0 Å². The minimum Gasteiger partial charge on any atom is -0.481 e. The van der Waals surface area contributed by atoms with Crippen LogP contribution in [-0.4, -0.2) is 37.5 Å². The maximum Gasteiger partial charge on any atom is 0.573 e. The van der Waals surface area contributed by atoms with Crippen molar-refractivity contribution < 1.29 is 32.3 Å². The second-order valence-corrected chi connectivity index (χ2v) is 9.06. The van der Waals surface area contributed by atoms with Crippen molar-refractivity contribution in [2.45, 2.75) is 31.5 Å². The van der Waals surface area contributed by atoms with Gasteiger partial charge in [0.2, 0.25) is 5.82 Å². The predicted molar refractivity (Wildman–Crippen MR) is 130 cm³/mol. The molecule has 0 aliphatic heterocycles. The zero-order valence-electron chi connectivity index (χ0n) is 19.6. The van der Waals surface area contributed by atoms with Gasteiger partial charge in [-0.1, -0.05) is 5.16 Å². The number of hydrogen-bond donors (Lipinski definition) is 2. The Morgan fingerprint density at radius 2 is 1.84 bits per heavy atom. The second-order valence-electron chi connectivity index (χ2n) is 9.06. The number of aromatic amines is 1. The van der Waals surface area contributed by atoms with Crippen LogP contribution in [0, 0.1) is 0 Å². The number of carboxylic acids is 1. The summed E-state index contributed by atoms with van der Waals surface area (Å²) in [6.45, 7) is 0. The Morgan fingerprint density at radius 1 is 1.05 bits per heavy atom. The number of hydrogen-bond acceptors (Lipinski definition) is 6. The van der Waals surface area contributed by atoms with Gasteiger partial charge in [0.15, 0.2) is 0 Å². The molecule has 11 heteroatoms. The number of carboxylic acid groups (broad SMARTS) is 1. The summed E-state index contributed by atoms with van der Waals surface area (Å²) in [5, 5.41) is 14.2. The number of fused-ring (bicyclic) bond motifs is 3. The number of pyridine rings is 1. The van der Waals surface area contributed by atoms with Gasteiger partial charge in [-0.2, -0.15) is 4.98 Å². The number of carbonyl (C=O) groups is 1. The third kappa shape index (κ3) is 4.58. The summed E-state index contributed by atoms with van der Waals surface area (Å²) in [5.41, 5.74) is 4.93. The maximum atomic E-state index is 13.0. The van der Waals surface area contributed by atoms with Crippen LogP contribution >= 0.6 is 0 Å². The Bertz CT molecular complexity index is 1660. The quantitative estimate of drug-likeness (QED) is 0.268. The molecule has 0 spiro atoms. The smallest absolute Gasteiger partial charge is 0.481 e. The third-order valence-corrected chi connectivity index (χ3v) is 6.60. The molecule has 3 aromatic heterocycles. The van der Waals surface area contributed by atoms with Gasteiger partial charge >= 0.3 is 12.3 Å². The summed E-state index contributed by atoms with van der Waals surface area (Å²) in [4.78, 5) is 23.0. The highest BCUT2D eigenvalue weighted by atomic mass is 19.4. The lowest BCUT2D eigenvalue weighted by Gasteiger charge is -2.11. The van der Waals surface area contributed by atoms with Crippen LogP contribution in [-0.2, 0) is 11.2 Å². The first kappa shape index (κ1) is 23.7. The maximum absolute atomic E-state index is 13.0. The van der Waals surface area contributed by atoms with Crippen molar-refractivity contribution in [1.29, 1.82) is 0 Å². The summed E-state index contributed by atoms with van der Waals surface area (Å²) in [6.07, 6.45) is -0.207. The number of aliphatic carboxylic acids is 1. The molecule has 0 saturated carbocycles. The number of halogens is 3. The first-order valence-corrected chi connectivity index (χ1v) is 11.8. The molecule has 5 aromatic rings. The van der Waals surface area contributed by atoms with Crippen molar-refractivity contribution in [3.8, 4) is 39.7 Å². The van der Waals surface area contributed by atoms with Crippen LogP contribution in [0.3, 0.4) is 0 Å². The Balaban J connectivity index is 1.36. The predicted octanol–water partition coefficient (Wildman–Crippen LogP) is 6.35. The van der Waals surface area contributed by atoms with Gasteiger partial charge in [-0.05, 0) is 78.1 Å². The molecule has 0 fully saturated rings. The molecule has 192 valence electrons. The number of nitrogens with zero attached hydrogens (tertiary/aromatic N) is 3. The molecule has 6 rings (SSSR count). The molecule has 0 radical (unpaired) electrons. The monoisotopic (exact) mass is 520 g/mol. The molecule has 1 aliphatic carbocycles. The van der Waals surface area contributed by atoms with Crippen LogP contribution in [0.2, 0.25) is 0 Å². The Morgan fingerprint density at radius 3 is 2.61 bits per heavy atom. The lowest BCUT2D eigenvalue weighted by atomic mass is 10.0. The van der Waals surface area contributed by atoms with Crippen LogP contribution in [0.4, 0.5) is 13.2 Å². The molecule has 38 heavy (non-hydrogen) atoms. The summed E-state index contributed by atoms with van der Waals surface area (Å²) >= 11 is 0. The van der Waals surface area contributed by atoms with Gasteiger partial charge in [-0.3, -0.25) is 9.78 Å². The molecular weight excluding hydrogens is 501 g/mol. The Hall–Kier alpha value is -4.67. The topological polar surface area (TPSA) is 114 Å². The van der Waals surface area contributed by atoms with Crippen molar-refractivity contribution in [2.24, 2.45) is 0 Å². The van der Waals surface area contributed by atoms with Crippen molar-refractivity contribution in [1.82, 2.24) is 20.1 Å². The number of nitrogens with one attached hydrogen (secondary N) is 1. The minimum absolute atomic E-state index is 0.0313. The summed E-state index contributed by atoms with van der Waals surface area (Å²) in [7, 11) is 0. The number of alkyl halides is 3. The van der Waals surface area contributed by atoms with E-state index in [1.165, 1.54) is 24.5 Å². The van der Waals surface area contributed by atoms with Crippen molar-refractivity contribution >= 4 is 16.9 Å². The molecule has 0 saturated heterocycles. The molecule has 3 heterocycles. The van der Waals surface area contributed by atoms with Gasteiger partial charge in [0.1, 0.15) is 5.75 Å². The lowest BCUT2D eigenvalue weighted by Crippen LogP contribution is -2.17. The molecule has 2 aromatic carbocycles. The highest BCUT2D eigenvalue weighted by Gasteiger charge is 2.32. The van der Waals surface area contributed by atoms with Crippen LogP contribution in [0.1, 0.15) is 30.0 Å². The average Bonchev–Trinajstić information content (AvgIpc) is 3.59. The normalized spacial score (nSPS) is 15.1. The minimum atomic E-state index is -4.87. The fraction of sp³-hybridized carbons (Fsp3) is 0.185. The molecule has 1 atom stereocenters. The van der Waals surface area contributed by atoms with E-state index < -0.39 is 18.1 Å². The van der Waals surface area contributed by atoms with Gasteiger partial charge in [-0.25, -0.2) is 0 Å². The zero-order chi connectivity index (χ0) is 26.4. The number of aryl methyl sites for hydroxylation is 1. The molecule has 1 aliphatic rings. The van der Waals surface area contributed by atoms with Gasteiger partial charge < -0.3 is 19.4 Å². The average molecular weight is 520 g/mol. The van der Waals surface area contributed by atoms with E-state index >= 15 is 0 Å². The second kappa shape index (κ2) is 9.02. The summed E-state index contributed by atoms with van der Waals surface area (Å²) in [5.74, 6) is -1.01. The van der Waals surface area contributed by atoms with Crippen molar-refractivity contribution in [3.05, 3.63) is 72.2 Å². The summed E-state index contributed by atoms with van der Waals surface area (Å²) < 4.78 is 48.6. The van der Waals surface area contributed by atoms with Gasteiger partial charge in [0.05, 0.1) is 6.42 Å². The van der Waals surface area contributed by atoms with Crippen molar-refractivity contribution in [2.75, 3.05) is 0 Å². The molecule has 1 unspecified atom stereocenters. The van der Waals surface area contributed by atoms with E-state index in [1.54, 1.807) is 24.3 Å². The number of aromatic nitrogens is 4. The first-order valence-electron chi connectivity index (χ1n) is 11.8. The zero-order valence-corrected chi connectivity index (χ0v) is 19.6. The van der Waals surface area contributed by atoms with E-state index in [0.29, 0.717) is 16.7 Å². The Kier molecular flexibility index (Phi) is 5.63. The molecule has 0 amide bonds. The third-order valence-electron chi connectivity index (χ3n) is 6.60. The van der Waals surface area contributed by atoms with Crippen LogP contribution in [0.5, 0.6) is 5.75 Å². The van der Waals surface area contributed by atoms with E-state index in [9.17, 15) is 23.1 Å². The van der Waals surface area contributed by atoms with E-state index in [2.05, 4.69) is 24.8 Å². The fourth-order valence-electron chi connectivity index (χ4n) is 4.99. The molecule has 8 nitrogen and oxygen atoms in total. The number of H-pyrrole nitrogens is 1. The van der Waals surface area contributed by atoms with Crippen molar-refractivity contribution in [3.63, 3.8) is 0 Å². The Labute approximate surface area is 213 Å². The molecular formula is C27H19F3N4O4. The van der Waals surface area contributed by atoms with E-state index in [0.717, 1.165) is 35.0 Å². The molecule has 0 bridgehead atoms. The van der Waals surface area contributed by atoms with E-state index in [4.69, 9.17) is 4.52 Å². The number of ether oxygens (including phenoxy) is 1. The lowest BCUT2D eigenvalue weighted by molar-refractivity contribution is -0.274. The SMILES string of the molecule is O=C(O)CC1CCc2c1[nH]c1ccc(-c3noc(-c4cc(OC(F)(F)F)cc(-c5ccncc5)c4)n3)cc21.